The molecular formula is C35H27F2N3O2P2. The fourth-order valence-electron chi connectivity index (χ4n) is 6.25. The van der Waals surface area contributed by atoms with Crippen LogP contribution in [0.1, 0.15) is 43.1 Å². The number of allylic oxidation sites excluding steroid dienone is 1. The second-order valence-electron chi connectivity index (χ2n) is 11.3. The molecule has 0 amide bonds. The molecule has 2 atom stereocenters. The standard InChI is InChI=1S/C35H27F2N3O2P2/c1-16-8-7-9-17(2)29(16)40-21(14-24-30(41)22-12-19-10-5-6-11-20(19)13-23(22)31(24)42)15-25-34(40)38-35(39(25)4)26-32(43)18(3)27(36)28(37)33(26)44/h5-15H,43-44H2,1-4H3. The molecule has 6 aromatic rings. The summed E-state index contributed by atoms with van der Waals surface area (Å²) in [5, 5.41) is 2.38. The van der Waals surface area contributed by atoms with E-state index in [2.05, 4.69) is 18.5 Å². The van der Waals surface area contributed by atoms with Gasteiger partial charge in [0, 0.05) is 29.0 Å². The molecule has 2 aromatic heterocycles. The van der Waals surface area contributed by atoms with Crippen molar-refractivity contribution in [1.82, 2.24) is 14.1 Å². The summed E-state index contributed by atoms with van der Waals surface area (Å²) in [4.78, 5) is 32.3. The number of aryl methyl sites for hydroxylation is 3. The number of para-hydroxylation sites is 1. The van der Waals surface area contributed by atoms with Gasteiger partial charge >= 0.3 is 0 Å². The fourth-order valence-corrected chi connectivity index (χ4v) is 7.23. The minimum Gasteiger partial charge on any atom is -0.326 e. The maximum absolute atomic E-state index is 14.9. The summed E-state index contributed by atoms with van der Waals surface area (Å²) in [6.45, 7) is 5.51. The van der Waals surface area contributed by atoms with E-state index in [1.165, 1.54) is 6.92 Å². The summed E-state index contributed by atoms with van der Waals surface area (Å²) in [6.07, 6.45) is 1.65. The molecule has 0 aliphatic heterocycles. The lowest BCUT2D eigenvalue weighted by molar-refractivity contribution is 0.0990. The van der Waals surface area contributed by atoms with Crippen LogP contribution in [0.3, 0.4) is 0 Å². The first-order chi connectivity index (χ1) is 21.0. The second kappa shape index (κ2) is 10.1. The van der Waals surface area contributed by atoms with E-state index in [0.29, 0.717) is 44.7 Å². The minimum atomic E-state index is -0.935. The third-order valence-electron chi connectivity index (χ3n) is 8.62. The molecule has 5 nitrogen and oxygen atoms in total. The maximum atomic E-state index is 14.9. The number of imidazole rings is 1. The van der Waals surface area contributed by atoms with E-state index in [-0.39, 0.29) is 28.0 Å². The quantitative estimate of drug-likeness (QED) is 0.123. The first-order valence-electron chi connectivity index (χ1n) is 14.0. The van der Waals surface area contributed by atoms with Gasteiger partial charge in [0.05, 0.1) is 22.5 Å². The highest BCUT2D eigenvalue weighted by Gasteiger charge is 2.34. The van der Waals surface area contributed by atoms with Gasteiger partial charge in [-0.05, 0) is 77.8 Å². The monoisotopic (exact) mass is 621 g/mol. The lowest BCUT2D eigenvalue weighted by atomic mass is 10.0. The van der Waals surface area contributed by atoms with Crippen molar-refractivity contribution in [2.24, 2.45) is 7.05 Å². The van der Waals surface area contributed by atoms with Crippen LogP contribution in [0.4, 0.5) is 8.78 Å². The van der Waals surface area contributed by atoms with Gasteiger partial charge < -0.3 is 4.57 Å². The number of fused-ring (bicyclic) bond motifs is 3. The van der Waals surface area contributed by atoms with Gasteiger partial charge in [0.2, 0.25) is 0 Å². The SMILES string of the molecule is Cc1cccc(C)c1-n1c(C=C2C(=O)c3cc4ccccc4cc3C2=O)cc2c1nc(-c1c(P)c(C)c(F)c(F)c1P)n2C. The minimum absolute atomic E-state index is 0.0848. The molecule has 4 aromatic carbocycles. The van der Waals surface area contributed by atoms with Crippen molar-refractivity contribution in [2.45, 2.75) is 20.8 Å². The molecule has 0 saturated heterocycles. The number of carbonyl (C=O) groups is 2. The normalized spacial score (nSPS) is 13.0. The number of nitrogens with zero attached hydrogens (tertiary/aromatic N) is 3. The number of carbonyl (C=O) groups excluding carboxylic acids is 2. The van der Waals surface area contributed by atoms with Gasteiger partial charge in [-0.1, -0.05) is 42.5 Å². The molecule has 0 saturated carbocycles. The van der Waals surface area contributed by atoms with Crippen LogP contribution in [-0.2, 0) is 7.05 Å². The number of halogens is 2. The number of hydrogen-bond donors (Lipinski definition) is 0. The van der Waals surface area contributed by atoms with Crippen molar-refractivity contribution in [1.29, 1.82) is 0 Å². The van der Waals surface area contributed by atoms with Gasteiger partial charge in [-0.2, -0.15) is 0 Å². The molecule has 218 valence electrons. The van der Waals surface area contributed by atoms with E-state index >= 15 is 0 Å². The Balaban J connectivity index is 1.49. The van der Waals surface area contributed by atoms with Gasteiger partial charge in [-0.3, -0.25) is 14.2 Å². The van der Waals surface area contributed by atoms with Crippen LogP contribution >= 0.6 is 18.5 Å². The first kappa shape index (κ1) is 28.5. The zero-order valence-electron chi connectivity index (χ0n) is 24.4. The van der Waals surface area contributed by atoms with Gasteiger partial charge in [0.25, 0.3) is 0 Å². The molecule has 0 bridgehead atoms. The summed E-state index contributed by atoms with van der Waals surface area (Å²) < 4.78 is 33.3. The Morgan fingerprint density at radius 3 is 1.98 bits per heavy atom. The number of Topliss-reactive ketones (excluding diaryl/α,β-unsaturated/α-hetero) is 2. The number of hydrogen-bond acceptors (Lipinski definition) is 3. The Labute approximate surface area is 257 Å². The molecule has 2 unspecified atom stereocenters. The van der Waals surface area contributed by atoms with Crippen molar-refractivity contribution in [3.8, 4) is 17.1 Å². The number of rotatable bonds is 3. The Morgan fingerprint density at radius 1 is 0.795 bits per heavy atom. The van der Waals surface area contributed by atoms with Crippen LogP contribution in [0.25, 0.3) is 45.1 Å². The smallest absolute Gasteiger partial charge is 0.197 e. The maximum Gasteiger partial charge on any atom is 0.197 e. The topological polar surface area (TPSA) is 56.9 Å². The van der Waals surface area contributed by atoms with Gasteiger partial charge in [0.1, 0.15) is 5.82 Å². The zero-order chi connectivity index (χ0) is 31.2. The molecule has 0 radical (unpaired) electrons. The largest absolute Gasteiger partial charge is 0.326 e. The fraction of sp³-hybridized carbons (Fsp3) is 0.114. The number of benzene rings is 4. The van der Waals surface area contributed by atoms with E-state index in [9.17, 15) is 18.4 Å². The van der Waals surface area contributed by atoms with Crippen LogP contribution < -0.4 is 10.6 Å². The lowest BCUT2D eigenvalue weighted by Gasteiger charge is -2.15. The van der Waals surface area contributed by atoms with Crippen molar-refractivity contribution >= 4 is 68.7 Å². The van der Waals surface area contributed by atoms with Crippen molar-refractivity contribution in [2.75, 3.05) is 0 Å². The predicted octanol–water partition coefficient (Wildman–Crippen LogP) is 6.85. The zero-order valence-corrected chi connectivity index (χ0v) is 26.7. The molecule has 0 spiro atoms. The van der Waals surface area contributed by atoms with E-state index in [1.54, 1.807) is 18.2 Å². The molecule has 1 aliphatic rings. The summed E-state index contributed by atoms with van der Waals surface area (Å²) >= 11 is 0. The van der Waals surface area contributed by atoms with E-state index in [4.69, 9.17) is 4.98 Å². The third-order valence-corrected chi connectivity index (χ3v) is 9.88. The third kappa shape index (κ3) is 4.00. The Kier molecular flexibility index (Phi) is 6.55. The Morgan fingerprint density at radius 2 is 1.39 bits per heavy atom. The number of ketones is 2. The molecule has 0 N–H and O–H groups in total. The molecular weight excluding hydrogens is 594 g/mol. The molecule has 9 heteroatoms. The molecule has 1 aliphatic carbocycles. The van der Waals surface area contributed by atoms with E-state index in [1.807, 2.05) is 78.6 Å². The Hall–Kier alpha value is -4.31. The lowest BCUT2D eigenvalue weighted by Crippen LogP contribution is -2.20. The van der Waals surface area contributed by atoms with Gasteiger partial charge in [-0.15, -0.1) is 18.5 Å². The predicted molar refractivity (Wildman–Crippen MR) is 179 cm³/mol. The highest BCUT2D eigenvalue weighted by Crippen LogP contribution is 2.36. The van der Waals surface area contributed by atoms with Crippen LogP contribution in [-0.4, -0.2) is 25.7 Å². The highest BCUT2D eigenvalue weighted by atomic mass is 31.0. The highest BCUT2D eigenvalue weighted by molar-refractivity contribution is 7.30. The number of aromatic nitrogens is 3. The van der Waals surface area contributed by atoms with Crippen molar-refractivity contribution in [3.63, 3.8) is 0 Å². The van der Waals surface area contributed by atoms with Crippen LogP contribution in [0.15, 0.2) is 66.2 Å². The second-order valence-corrected chi connectivity index (χ2v) is 12.4. The van der Waals surface area contributed by atoms with Gasteiger partial charge in [-0.25, -0.2) is 13.8 Å². The molecule has 2 heterocycles. The van der Waals surface area contributed by atoms with E-state index < -0.39 is 11.6 Å². The van der Waals surface area contributed by atoms with Crippen molar-refractivity contribution < 1.29 is 18.4 Å². The van der Waals surface area contributed by atoms with Gasteiger partial charge in [0.15, 0.2) is 28.8 Å². The average Bonchev–Trinajstić information content (AvgIpc) is 3.59. The molecule has 7 rings (SSSR count). The van der Waals surface area contributed by atoms with Crippen molar-refractivity contribution in [3.05, 3.63) is 111 Å². The summed E-state index contributed by atoms with van der Waals surface area (Å²) in [5.74, 6) is -2.01. The van der Waals surface area contributed by atoms with Crippen LogP contribution in [0, 0.1) is 32.4 Å². The summed E-state index contributed by atoms with van der Waals surface area (Å²) in [5.41, 5.74) is 6.19. The molecule has 44 heavy (non-hydrogen) atoms. The summed E-state index contributed by atoms with van der Waals surface area (Å²) in [6, 6.07) is 19.0. The first-order valence-corrected chi connectivity index (χ1v) is 15.2. The average molecular weight is 622 g/mol. The Bertz CT molecular complexity index is 2210. The summed E-state index contributed by atoms with van der Waals surface area (Å²) in [7, 11) is 6.64. The van der Waals surface area contributed by atoms with Crippen LogP contribution in [0.2, 0.25) is 0 Å². The van der Waals surface area contributed by atoms with Crippen LogP contribution in [0.5, 0.6) is 0 Å². The molecule has 0 fully saturated rings. The van der Waals surface area contributed by atoms with E-state index in [0.717, 1.165) is 27.6 Å².